The van der Waals surface area contributed by atoms with Crippen LogP contribution in [-0.2, 0) is 4.79 Å². The molecule has 3 aromatic carbocycles. The van der Waals surface area contributed by atoms with E-state index in [1.54, 1.807) is 30.3 Å². The number of halogens is 2. The fourth-order valence-electron chi connectivity index (χ4n) is 4.07. The van der Waals surface area contributed by atoms with Gasteiger partial charge in [-0.05, 0) is 49.4 Å². The Labute approximate surface area is 233 Å². The van der Waals surface area contributed by atoms with Crippen LogP contribution in [0.3, 0.4) is 0 Å². The lowest BCUT2D eigenvalue weighted by Crippen LogP contribution is -2.12. The smallest absolute Gasteiger partial charge is 0.266 e. The molecule has 3 N–H and O–H groups in total. The first-order valence-electron chi connectivity index (χ1n) is 11.8. The summed E-state index contributed by atoms with van der Waals surface area (Å²) in [5.41, 5.74) is 3.25. The van der Waals surface area contributed by atoms with Gasteiger partial charge in [-0.15, -0.1) is 0 Å². The summed E-state index contributed by atoms with van der Waals surface area (Å²) in [6, 6.07) is 18.4. The third-order valence-corrected chi connectivity index (χ3v) is 6.33. The van der Waals surface area contributed by atoms with Gasteiger partial charge in [0.05, 0.1) is 39.1 Å². The van der Waals surface area contributed by atoms with E-state index in [2.05, 4.69) is 33.2 Å². The second kappa shape index (κ2) is 11.0. The van der Waals surface area contributed by atoms with Gasteiger partial charge >= 0.3 is 0 Å². The highest BCUT2D eigenvalue weighted by atomic mass is 35.5. The van der Waals surface area contributed by atoms with Crippen LogP contribution in [-0.4, -0.2) is 22.5 Å². The normalized spacial score (nSPS) is 10.7. The topological polar surface area (TPSA) is 112 Å². The second-order valence-electron chi connectivity index (χ2n) is 8.38. The number of aromatic nitrogens is 2. The molecule has 10 heteroatoms. The monoisotopic (exact) mass is 557 g/mol. The maximum Gasteiger partial charge on any atom is 0.266 e. The van der Waals surface area contributed by atoms with Crippen LogP contribution in [0.4, 0.5) is 17.1 Å². The summed E-state index contributed by atoms with van der Waals surface area (Å²) >= 11 is 12.4. The standard InChI is InChI=1S/C29H21Cl2N5O3/c1-3-38-27-13-23-20(12-24(27)36-29(37)16(2)30)28(17(14-32)15-34-23)35-18-7-8-26(21(31)11-18)39-25-6-4-5-22-19(25)9-10-33-22/h4-13,15,33H,2-3H2,1H3,(H,34,35)(H,36,37). The van der Waals surface area contributed by atoms with E-state index >= 15 is 0 Å². The molecule has 1 amide bonds. The van der Waals surface area contributed by atoms with Gasteiger partial charge in [-0.2, -0.15) is 5.26 Å². The summed E-state index contributed by atoms with van der Waals surface area (Å²) in [7, 11) is 0. The third-order valence-electron chi connectivity index (χ3n) is 5.86. The number of anilines is 3. The molecule has 0 saturated carbocycles. The van der Waals surface area contributed by atoms with E-state index in [1.807, 2.05) is 37.4 Å². The average Bonchev–Trinajstić information content (AvgIpc) is 3.41. The first-order chi connectivity index (χ1) is 18.9. The molecule has 5 aromatic rings. The number of benzene rings is 3. The predicted molar refractivity (Wildman–Crippen MR) is 154 cm³/mol. The van der Waals surface area contributed by atoms with Crippen molar-refractivity contribution in [3.8, 4) is 23.3 Å². The molecule has 0 saturated heterocycles. The van der Waals surface area contributed by atoms with Crippen molar-refractivity contribution in [2.75, 3.05) is 17.2 Å². The predicted octanol–water partition coefficient (Wildman–Crippen LogP) is 7.87. The number of nitriles is 1. The number of ether oxygens (including phenoxy) is 2. The molecule has 0 aliphatic heterocycles. The molecule has 0 atom stereocenters. The van der Waals surface area contributed by atoms with Crippen molar-refractivity contribution >= 4 is 68.0 Å². The maximum absolute atomic E-state index is 12.3. The fourth-order valence-corrected chi connectivity index (χ4v) is 4.34. The number of H-pyrrole nitrogens is 1. The van der Waals surface area contributed by atoms with E-state index in [0.29, 0.717) is 62.4 Å². The molecule has 0 radical (unpaired) electrons. The Hall–Kier alpha value is -4.71. The van der Waals surface area contributed by atoms with Crippen molar-refractivity contribution < 1.29 is 14.3 Å². The molecule has 0 aliphatic rings. The molecule has 0 unspecified atom stereocenters. The van der Waals surface area contributed by atoms with Gasteiger partial charge in [0.15, 0.2) is 0 Å². The zero-order valence-electron chi connectivity index (χ0n) is 20.6. The fraction of sp³-hybridized carbons (Fsp3) is 0.0690. The Kier molecular flexibility index (Phi) is 7.28. The van der Waals surface area contributed by atoms with Crippen LogP contribution in [0, 0.1) is 11.3 Å². The summed E-state index contributed by atoms with van der Waals surface area (Å²) in [5.74, 6) is 0.973. The molecule has 8 nitrogen and oxygen atoms in total. The van der Waals surface area contributed by atoms with Gasteiger partial charge in [0, 0.05) is 40.4 Å². The van der Waals surface area contributed by atoms with Crippen LogP contribution in [0.2, 0.25) is 5.02 Å². The number of carbonyl (C=O) groups excluding carboxylic acids is 1. The van der Waals surface area contributed by atoms with Crippen LogP contribution in [0.15, 0.2) is 78.6 Å². The first kappa shape index (κ1) is 25.9. The summed E-state index contributed by atoms with van der Waals surface area (Å²) in [5, 5.41) is 17.5. The average molecular weight is 558 g/mol. The van der Waals surface area contributed by atoms with Crippen LogP contribution >= 0.6 is 23.2 Å². The van der Waals surface area contributed by atoms with E-state index in [0.717, 1.165) is 10.9 Å². The molecule has 2 aromatic heterocycles. The van der Waals surface area contributed by atoms with Gasteiger partial charge in [0.2, 0.25) is 0 Å². The van der Waals surface area contributed by atoms with Gasteiger partial charge in [0.25, 0.3) is 5.91 Å². The van der Waals surface area contributed by atoms with E-state index in [1.165, 1.54) is 6.20 Å². The molecule has 2 heterocycles. The quantitative estimate of drug-likeness (QED) is 0.167. The lowest BCUT2D eigenvalue weighted by molar-refractivity contribution is -0.112. The molecular formula is C29H21Cl2N5O3. The van der Waals surface area contributed by atoms with E-state index < -0.39 is 5.91 Å². The van der Waals surface area contributed by atoms with Crippen LogP contribution in [0.1, 0.15) is 12.5 Å². The van der Waals surface area contributed by atoms with Crippen LogP contribution in [0.5, 0.6) is 17.2 Å². The lowest BCUT2D eigenvalue weighted by Gasteiger charge is -2.16. The number of carbonyl (C=O) groups is 1. The Balaban J connectivity index is 1.52. The molecule has 0 fully saturated rings. The molecule has 0 spiro atoms. The number of nitrogens with one attached hydrogen (secondary N) is 3. The SMILES string of the molecule is C=C(Cl)C(=O)Nc1cc2c(Nc3ccc(Oc4cccc5[nH]ccc45)c(Cl)c3)c(C#N)cnc2cc1OCC. The Morgan fingerprint density at radius 1 is 1.13 bits per heavy atom. The van der Waals surface area contributed by atoms with Crippen molar-refractivity contribution in [2.45, 2.75) is 6.92 Å². The van der Waals surface area contributed by atoms with Crippen molar-refractivity contribution in [3.63, 3.8) is 0 Å². The number of rotatable bonds is 8. The third kappa shape index (κ3) is 5.32. The number of nitrogens with zero attached hydrogens (tertiary/aromatic N) is 2. The first-order valence-corrected chi connectivity index (χ1v) is 12.6. The zero-order chi connectivity index (χ0) is 27.5. The second-order valence-corrected chi connectivity index (χ2v) is 9.25. The molecule has 39 heavy (non-hydrogen) atoms. The summed E-state index contributed by atoms with van der Waals surface area (Å²) in [6.45, 7) is 5.65. The number of hydrogen-bond donors (Lipinski definition) is 3. The summed E-state index contributed by atoms with van der Waals surface area (Å²) < 4.78 is 11.8. The minimum absolute atomic E-state index is 0.176. The Morgan fingerprint density at radius 2 is 1.97 bits per heavy atom. The highest BCUT2D eigenvalue weighted by Gasteiger charge is 2.17. The largest absolute Gasteiger partial charge is 0.492 e. The minimum Gasteiger partial charge on any atom is -0.492 e. The van der Waals surface area contributed by atoms with Gasteiger partial charge in [-0.1, -0.05) is 35.8 Å². The van der Waals surface area contributed by atoms with E-state index in [-0.39, 0.29) is 5.03 Å². The molecule has 0 bridgehead atoms. The number of amides is 1. The molecular weight excluding hydrogens is 537 g/mol. The van der Waals surface area contributed by atoms with Gasteiger partial charge < -0.3 is 25.1 Å². The number of aromatic amines is 1. The highest BCUT2D eigenvalue weighted by molar-refractivity contribution is 6.43. The number of pyridine rings is 1. The highest BCUT2D eigenvalue weighted by Crippen LogP contribution is 2.39. The van der Waals surface area contributed by atoms with Crippen LogP contribution < -0.4 is 20.1 Å². The van der Waals surface area contributed by atoms with Crippen molar-refractivity contribution in [1.82, 2.24) is 9.97 Å². The molecule has 0 aliphatic carbocycles. The number of hydrogen-bond acceptors (Lipinski definition) is 6. The Bertz CT molecular complexity index is 1790. The van der Waals surface area contributed by atoms with Gasteiger partial charge in [-0.3, -0.25) is 9.78 Å². The van der Waals surface area contributed by atoms with Crippen molar-refractivity contribution in [3.05, 3.63) is 89.2 Å². The zero-order valence-corrected chi connectivity index (χ0v) is 22.2. The summed E-state index contributed by atoms with van der Waals surface area (Å²) in [4.78, 5) is 19.8. The van der Waals surface area contributed by atoms with Gasteiger partial charge in [0.1, 0.15) is 23.3 Å². The van der Waals surface area contributed by atoms with Gasteiger partial charge in [-0.25, -0.2) is 0 Å². The van der Waals surface area contributed by atoms with Crippen molar-refractivity contribution in [1.29, 1.82) is 5.26 Å². The minimum atomic E-state index is -0.575. The van der Waals surface area contributed by atoms with E-state index in [9.17, 15) is 10.1 Å². The van der Waals surface area contributed by atoms with Crippen molar-refractivity contribution in [2.24, 2.45) is 0 Å². The lowest BCUT2D eigenvalue weighted by atomic mass is 10.1. The maximum atomic E-state index is 12.3. The molecule has 5 rings (SSSR count). The van der Waals surface area contributed by atoms with Crippen LogP contribution in [0.25, 0.3) is 21.8 Å². The summed E-state index contributed by atoms with van der Waals surface area (Å²) in [6.07, 6.45) is 3.31. The Morgan fingerprint density at radius 3 is 2.72 bits per heavy atom. The number of fused-ring (bicyclic) bond motifs is 2. The van der Waals surface area contributed by atoms with E-state index in [4.69, 9.17) is 32.7 Å². The molecule has 194 valence electrons.